The Morgan fingerprint density at radius 2 is 1.82 bits per heavy atom. The van der Waals surface area contributed by atoms with Gasteiger partial charge in [-0.25, -0.2) is 21.5 Å². The fraction of sp³-hybridized carbons (Fsp3) is 0.300. The lowest BCUT2D eigenvalue weighted by Gasteiger charge is -2.34. The zero-order chi connectivity index (χ0) is 31.4. The highest BCUT2D eigenvalue weighted by molar-refractivity contribution is 7.92. The van der Waals surface area contributed by atoms with Crippen LogP contribution in [0.5, 0.6) is 0 Å². The van der Waals surface area contributed by atoms with Crippen LogP contribution in [0.15, 0.2) is 68.5 Å². The van der Waals surface area contributed by atoms with E-state index >= 15 is 0 Å². The Bertz CT molecular complexity index is 2120. The minimum Gasteiger partial charge on any atom is -0.455 e. The minimum atomic E-state index is -4.01. The SMILES string of the molecule is CNC(=O)c1c(-c2ccc(C)cc2)oc2cc(N(C)S(C)(=O)=O)c([C@@H]3CCCN(S(=O)(=O)c4cccc5nonc45)C3)cc12. The number of hydrogen-bond acceptors (Lipinski definition) is 9. The molecule has 1 amide bonds. The van der Waals surface area contributed by atoms with Gasteiger partial charge in [-0.2, -0.15) is 4.31 Å². The van der Waals surface area contributed by atoms with Crippen LogP contribution >= 0.6 is 0 Å². The average Bonchev–Trinajstić information content (AvgIpc) is 3.64. The number of carbonyl (C=O) groups excluding carboxylic acids is 1. The lowest BCUT2D eigenvalue weighted by atomic mass is 9.89. The summed E-state index contributed by atoms with van der Waals surface area (Å²) in [7, 11) is -4.75. The third-order valence-electron chi connectivity index (χ3n) is 8.13. The first-order valence-electron chi connectivity index (χ1n) is 13.9. The number of furan rings is 1. The monoisotopic (exact) mass is 637 g/mol. The second-order valence-electron chi connectivity index (χ2n) is 11.0. The number of aryl methyl sites for hydroxylation is 1. The molecule has 0 saturated carbocycles. The second-order valence-corrected chi connectivity index (χ2v) is 14.9. The van der Waals surface area contributed by atoms with Crippen molar-refractivity contribution in [3.8, 4) is 11.3 Å². The molecule has 12 nitrogen and oxygen atoms in total. The molecule has 3 aromatic carbocycles. The van der Waals surface area contributed by atoms with E-state index in [1.54, 1.807) is 24.3 Å². The van der Waals surface area contributed by atoms with Crippen LogP contribution in [-0.2, 0) is 20.0 Å². The van der Waals surface area contributed by atoms with Gasteiger partial charge >= 0.3 is 0 Å². The van der Waals surface area contributed by atoms with Crippen LogP contribution in [0.2, 0.25) is 0 Å². The van der Waals surface area contributed by atoms with Crippen molar-refractivity contribution in [2.24, 2.45) is 0 Å². The van der Waals surface area contributed by atoms with Crippen LogP contribution < -0.4 is 9.62 Å². The van der Waals surface area contributed by atoms with E-state index in [2.05, 4.69) is 15.6 Å². The Kier molecular flexibility index (Phi) is 7.46. The predicted molar refractivity (Wildman–Crippen MR) is 166 cm³/mol. The molecule has 14 heteroatoms. The zero-order valence-corrected chi connectivity index (χ0v) is 26.2. The number of amides is 1. The molecule has 2 aromatic heterocycles. The summed E-state index contributed by atoms with van der Waals surface area (Å²) in [6.45, 7) is 2.31. The first-order valence-corrected chi connectivity index (χ1v) is 17.2. The van der Waals surface area contributed by atoms with E-state index in [4.69, 9.17) is 9.05 Å². The van der Waals surface area contributed by atoms with Gasteiger partial charge in [-0.15, -0.1) is 0 Å². The summed E-state index contributed by atoms with van der Waals surface area (Å²) in [5, 5.41) is 10.8. The Labute approximate surface area is 254 Å². The number of hydrogen-bond donors (Lipinski definition) is 1. The van der Waals surface area contributed by atoms with Crippen LogP contribution in [0.1, 0.15) is 40.2 Å². The van der Waals surface area contributed by atoms with Gasteiger partial charge in [0.2, 0.25) is 20.0 Å². The lowest BCUT2D eigenvalue weighted by Crippen LogP contribution is -2.39. The van der Waals surface area contributed by atoms with Crippen molar-refractivity contribution in [1.82, 2.24) is 19.9 Å². The summed E-state index contributed by atoms with van der Waals surface area (Å²) < 4.78 is 66.9. The Hall–Kier alpha value is -4.27. The van der Waals surface area contributed by atoms with Crippen LogP contribution in [0.25, 0.3) is 33.3 Å². The van der Waals surface area contributed by atoms with Crippen molar-refractivity contribution in [2.45, 2.75) is 30.6 Å². The number of carbonyl (C=O) groups is 1. The normalized spacial score (nSPS) is 16.4. The number of benzene rings is 3. The first-order chi connectivity index (χ1) is 20.9. The quantitative estimate of drug-likeness (QED) is 0.275. The smallest absolute Gasteiger partial charge is 0.255 e. The molecule has 1 aliphatic rings. The van der Waals surface area contributed by atoms with Gasteiger partial charge in [0.25, 0.3) is 5.91 Å². The number of aromatic nitrogens is 2. The molecule has 0 unspecified atom stereocenters. The maximum Gasteiger partial charge on any atom is 0.255 e. The molecular weight excluding hydrogens is 606 g/mol. The van der Waals surface area contributed by atoms with Crippen LogP contribution in [0, 0.1) is 6.92 Å². The highest BCUT2D eigenvalue weighted by Gasteiger charge is 2.35. The highest BCUT2D eigenvalue weighted by atomic mass is 32.2. The molecule has 0 spiro atoms. The van der Waals surface area contributed by atoms with Gasteiger partial charge in [-0.05, 0) is 59.8 Å². The molecule has 230 valence electrons. The fourth-order valence-electron chi connectivity index (χ4n) is 5.73. The van der Waals surface area contributed by atoms with Crippen molar-refractivity contribution in [1.29, 1.82) is 0 Å². The molecule has 1 aliphatic heterocycles. The van der Waals surface area contributed by atoms with Crippen molar-refractivity contribution >= 4 is 53.6 Å². The topological polar surface area (TPSA) is 156 Å². The summed E-state index contributed by atoms with van der Waals surface area (Å²) >= 11 is 0. The Morgan fingerprint density at radius 1 is 1.07 bits per heavy atom. The van der Waals surface area contributed by atoms with Crippen LogP contribution in [0.4, 0.5) is 5.69 Å². The molecule has 1 N–H and O–H groups in total. The van der Waals surface area contributed by atoms with Gasteiger partial charge in [0.05, 0.1) is 17.5 Å². The van der Waals surface area contributed by atoms with Gasteiger partial charge in [0, 0.05) is 44.2 Å². The van der Waals surface area contributed by atoms with Gasteiger partial charge in [-0.1, -0.05) is 35.9 Å². The van der Waals surface area contributed by atoms with Gasteiger partial charge < -0.3 is 9.73 Å². The number of nitrogens with zero attached hydrogens (tertiary/aromatic N) is 4. The molecule has 5 aromatic rings. The molecule has 3 heterocycles. The third kappa shape index (κ3) is 5.12. The van der Waals surface area contributed by atoms with E-state index in [9.17, 15) is 21.6 Å². The standard InChI is InChI=1S/C30H31N5O7S2/c1-18-10-12-19(13-11-18)29-27(30(36)31-2)22-15-21(24(16-25(22)41-29)34(3)43(4,37)38)20-7-6-14-35(17-20)44(39,40)26-9-5-8-23-28(26)33-42-32-23/h5,8-13,15-16,20H,6-7,14,17H2,1-4H3,(H,31,36)/t20-/m1/s1. The second kappa shape index (κ2) is 11.0. The average molecular weight is 638 g/mol. The number of sulfonamides is 2. The molecule has 1 fully saturated rings. The molecular formula is C30H31N5O7S2. The number of nitrogens with one attached hydrogen (secondary N) is 1. The van der Waals surface area contributed by atoms with Crippen molar-refractivity contribution in [2.75, 3.05) is 37.7 Å². The predicted octanol–water partition coefficient (Wildman–Crippen LogP) is 4.27. The highest BCUT2D eigenvalue weighted by Crippen LogP contribution is 2.42. The van der Waals surface area contributed by atoms with Gasteiger partial charge in [0.1, 0.15) is 21.8 Å². The summed E-state index contributed by atoms with van der Waals surface area (Å²) in [6, 6.07) is 15.6. The third-order valence-corrected chi connectivity index (χ3v) is 11.2. The van der Waals surface area contributed by atoms with E-state index in [0.717, 1.165) is 16.1 Å². The van der Waals surface area contributed by atoms with Crippen LogP contribution in [-0.4, -0.2) is 70.8 Å². The van der Waals surface area contributed by atoms with E-state index in [0.29, 0.717) is 57.5 Å². The summed E-state index contributed by atoms with van der Waals surface area (Å²) in [5.41, 5.74) is 3.78. The summed E-state index contributed by atoms with van der Waals surface area (Å²) in [4.78, 5) is 13.2. The largest absolute Gasteiger partial charge is 0.455 e. The number of piperidine rings is 1. The zero-order valence-electron chi connectivity index (χ0n) is 24.6. The molecule has 1 saturated heterocycles. The fourth-order valence-corrected chi connectivity index (χ4v) is 7.91. The van der Waals surface area contributed by atoms with E-state index in [1.807, 2.05) is 31.2 Å². The Morgan fingerprint density at radius 3 is 2.52 bits per heavy atom. The molecule has 44 heavy (non-hydrogen) atoms. The summed E-state index contributed by atoms with van der Waals surface area (Å²) in [5.74, 6) is -0.407. The van der Waals surface area contributed by atoms with Crippen molar-refractivity contribution in [3.05, 3.63) is 71.3 Å². The maximum atomic E-state index is 13.9. The number of anilines is 1. The van der Waals surface area contributed by atoms with E-state index in [-0.39, 0.29) is 29.4 Å². The molecule has 1 atom stereocenters. The minimum absolute atomic E-state index is 0.0136. The van der Waals surface area contributed by atoms with E-state index < -0.39 is 26.0 Å². The van der Waals surface area contributed by atoms with Crippen LogP contribution in [0.3, 0.4) is 0 Å². The molecule has 0 bridgehead atoms. The van der Waals surface area contributed by atoms with Crippen molar-refractivity contribution < 1.29 is 30.7 Å². The number of rotatable bonds is 7. The van der Waals surface area contributed by atoms with Gasteiger partial charge in [0.15, 0.2) is 5.52 Å². The number of fused-ring (bicyclic) bond motifs is 2. The van der Waals surface area contributed by atoms with Gasteiger partial charge in [-0.3, -0.25) is 9.10 Å². The molecule has 0 aliphatic carbocycles. The maximum absolute atomic E-state index is 13.9. The molecule has 6 rings (SSSR count). The summed E-state index contributed by atoms with van der Waals surface area (Å²) in [6.07, 6.45) is 2.22. The van der Waals surface area contributed by atoms with E-state index in [1.165, 1.54) is 24.5 Å². The first kappa shape index (κ1) is 29.8. The van der Waals surface area contributed by atoms with Crippen molar-refractivity contribution in [3.63, 3.8) is 0 Å². The lowest BCUT2D eigenvalue weighted by molar-refractivity contribution is 0.0964. The molecule has 0 radical (unpaired) electrons. The Balaban J connectivity index is 1.51.